The van der Waals surface area contributed by atoms with Gasteiger partial charge in [0.25, 0.3) is 0 Å². The van der Waals surface area contributed by atoms with Crippen LogP contribution in [0.5, 0.6) is 0 Å². The molecule has 0 saturated heterocycles. The average Bonchev–Trinajstić information content (AvgIpc) is 3.14. The second kappa shape index (κ2) is 6.06. The number of hydrogen-bond donors (Lipinski definition) is 1. The Kier molecular flexibility index (Phi) is 4.63. The minimum absolute atomic E-state index is 0.341. The summed E-state index contributed by atoms with van der Waals surface area (Å²) in [7, 11) is 3.80. The van der Waals surface area contributed by atoms with Crippen LogP contribution in [0.3, 0.4) is 0 Å². The van der Waals surface area contributed by atoms with Gasteiger partial charge in [-0.15, -0.1) is 0 Å². The van der Waals surface area contributed by atoms with Gasteiger partial charge in [0, 0.05) is 32.9 Å². The van der Waals surface area contributed by atoms with E-state index in [1.807, 2.05) is 11.7 Å². The van der Waals surface area contributed by atoms with Gasteiger partial charge in [-0.1, -0.05) is 6.92 Å². The Morgan fingerprint density at radius 2 is 2.26 bits per heavy atom. The summed E-state index contributed by atoms with van der Waals surface area (Å²) in [4.78, 5) is 0. The summed E-state index contributed by atoms with van der Waals surface area (Å²) in [6, 6.07) is 2.22. The topological polar surface area (TPSA) is 39.1 Å². The smallest absolute Gasteiger partial charge is 0.0596 e. The van der Waals surface area contributed by atoms with Crippen LogP contribution in [-0.2, 0) is 18.2 Å². The van der Waals surface area contributed by atoms with Crippen molar-refractivity contribution in [2.75, 3.05) is 26.8 Å². The van der Waals surface area contributed by atoms with Gasteiger partial charge in [-0.3, -0.25) is 4.68 Å². The summed E-state index contributed by atoms with van der Waals surface area (Å²) in [5.41, 5.74) is 2.80. The fourth-order valence-electron chi connectivity index (χ4n) is 2.92. The van der Waals surface area contributed by atoms with Crippen LogP contribution in [-0.4, -0.2) is 36.6 Å². The third-order valence-corrected chi connectivity index (χ3v) is 4.26. The van der Waals surface area contributed by atoms with E-state index in [4.69, 9.17) is 4.74 Å². The lowest BCUT2D eigenvalue weighted by molar-refractivity contribution is 0.186. The van der Waals surface area contributed by atoms with Crippen molar-refractivity contribution in [2.45, 2.75) is 33.1 Å². The molecule has 0 bridgehead atoms. The van der Waals surface area contributed by atoms with Crippen molar-refractivity contribution in [3.05, 3.63) is 17.5 Å². The van der Waals surface area contributed by atoms with Crippen molar-refractivity contribution in [3.63, 3.8) is 0 Å². The molecular formula is C15H27N3O. The first kappa shape index (κ1) is 14.5. The van der Waals surface area contributed by atoms with E-state index in [1.54, 1.807) is 7.11 Å². The molecule has 1 unspecified atom stereocenters. The number of nitrogens with zero attached hydrogens (tertiary/aromatic N) is 2. The molecule has 0 aliphatic heterocycles. The number of aromatic nitrogens is 2. The maximum Gasteiger partial charge on any atom is 0.0596 e. The lowest BCUT2D eigenvalue weighted by Crippen LogP contribution is -2.37. The van der Waals surface area contributed by atoms with E-state index in [1.165, 1.54) is 18.5 Å². The number of rotatable bonds is 8. The van der Waals surface area contributed by atoms with E-state index in [0.717, 1.165) is 37.7 Å². The van der Waals surface area contributed by atoms with Crippen molar-refractivity contribution < 1.29 is 4.74 Å². The summed E-state index contributed by atoms with van der Waals surface area (Å²) >= 11 is 0. The predicted octanol–water partition coefficient (Wildman–Crippen LogP) is 1.92. The highest BCUT2D eigenvalue weighted by molar-refractivity contribution is 5.12. The van der Waals surface area contributed by atoms with Crippen LogP contribution in [0.2, 0.25) is 0 Å². The van der Waals surface area contributed by atoms with Crippen LogP contribution < -0.4 is 5.32 Å². The van der Waals surface area contributed by atoms with E-state index in [9.17, 15) is 0 Å². The largest absolute Gasteiger partial charge is 0.383 e. The molecule has 1 atom stereocenters. The lowest BCUT2D eigenvalue weighted by Gasteiger charge is -2.30. The zero-order valence-electron chi connectivity index (χ0n) is 12.7. The van der Waals surface area contributed by atoms with Gasteiger partial charge in [-0.2, -0.15) is 5.10 Å². The Balaban J connectivity index is 1.96. The molecular weight excluding hydrogens is 238 g/mol. The van der Waals surface area contributed by atoms with E-state index in [2.05, 4.69) is 30.3 Å². The van der Waals surface area contributed by atoms with Crippen LogP contribution in [0.15, 0.2) is 6.07 Å². The summed E-state index contributed by atoms with van der Waals surface area (Å²) in [5, 5.41) is 8.00. The third-order valence-electron chi connectivity index (χ3n) is 4.26. The van der Waals surface area contributed by atoms with Gasteiger partial charge in [-0.25, -0.2) is 0 Å². The van der Waals surface area contributed by atoms with Gasteiger partial charge in [0.1, 0.15) is 0 Å². The fraction of sp³-hybridized carbons (Fsp3) is 0.800. The zero-order valence-corrected chi connectivity index (χ0v) is 12.7. The molecule has 0 amide bonds. The predicted molar refractivity (Wildman–Crippen MR) is 77.2 cm³/mol. The van der Waals surface area contributed by atoms with Gasteiger partial charge in [0.05, 0.1) is 12.3 Å². The summed E-state index contributed by atoms with van der Waals surface area (Å²) in [6.07, 6.45) is 3.85. The molecule has 1 N–H and O–H groups in total. The molecule has 1 aromatic rings. The minimum Gasteiger partial charge on any atom is -0.383 e. The Bertz CT molecular complexity index is 412. The van der Waals surface area contributed by atoms with Crippen molar-refractivity contribution in [3.8, 4) is 0 Å². The van der Waals surface area contributed by atoms with Crippen molar-refractivity contribution in [2.24, 2.45) is 18.4 Å². The van der Waals surface area contributed by atoms with Gasteiger partial charge in [0.15, 0.2) is 0 Å². The average molecular weight is 265 g/mol. The van der Waals surface area contributed by atoms with E-state index >= 15 is 0 Å². The number of hydrogen-bond acceptors (Lipinski definition) is 3. The number of methoxy groups -OCH3 is 1. The maximum absolute atomic E-state index is 5.10. The SMILES string of the molecule is COCCNCC(C)(Cc1cc(C)nn1C)C1CC1. The molecule has 1 aromatic heterocycles. The van der Waals surface area contributed by atoms with Crippen LogP contribution in [0.4, 0.5) is 0 Å². The van der Waals surface area contributed by atoms with Gasteiger partial charge >= 0.3 is 0 Å². The summed E-state index contributed by atoms with van der Waals surface area (Å²) in [6.45, 7) is 7.25. The van der Waals surface area contributed by atoms with Crippen LogP contribution in [0.1, 0.15) is 31.2 Å². The molecule has 0 spiro atoms. The Morgan fingerprint density at radius 3 is 2.79 bits per heavy atom. The van der Waals surface area contributed by atoms with Crippen LogP contribution >= 0.6 is 0 Å². The quantitative estimate of drug-likeness (QED) is 0.730. The van der Waals surface area contributed by atoms with Crippen LogP contribution in [0.25, 0.3) is 0 Å². The second-order valence-corrected chi connectivity index (χ2v) is 6.18. The summed E-state index contributed by atoms with van der Waals surface area (Å²) in [5.74, 6) is 0.859. The highest BCUT2D eigenvalue weighted by Gasteiger charge is 2.41. The maximum atomic E-state index is 5.10. The minimum atomic E-state index is 0.341. The molecule has 1 fully saturated rings. The number of aryl methyl sites for hydroxylation is 2. The molecule has 1 aliphatic carbocycles. The Labute approximate surface area is 116 Å². The molecule has 0 aromatic carbocycles. The molecule has 0 radical (unpaired) electrons. The number of nitrogens with one attached hydrogen (secondary N) is 1. The molecule has 1 heterocycles. The molecule has 2 rings (SSSR count). The first-order valence-corrected chi connectivity index (χ1v) is 7.24. The van der Waals surface area contributed by atoms with Gasteiger partial charge < -0.3 is 10.1 Å². The first-order chi connectivity index (χ1) is 9.05. The number of ether oxygens (including phenoxy) is 1. The highest BCUT2D eigenvalue weighted by atomic mass is 16.5. The highest BCUT2D eigenvalue weighted by Crippen LogP contribution is 2.47. The Hall–Kier alpha value is -0.870. The fourth-order valence-corrected chi connectivity index (χ4v) is 2.92. The van der Waals surface area contributed by atoms with Crippen molar-refractivity contribution in [1.82, 2.24) is 15.1 Å². The molecule has 1 saturated carbocycles. The van der Waals surface area contributed by atoms with Gasteiger partial charge in [0.2, 0.25) is 0 Å². The Morgan fingerprint density at radius 1 is 1.53 bits per heavy atom. The lowest BCUT2D eigenvalue weighted by atomic mass is 9.80. The van der Waals surface area contributed by atoms with Crippen molar-refractivity contribution >= 4 is 0 Å². The summed E-state index contributed by atoms with van der Waals surface area (Å²) < 4.78 is 7.13. The standard InChI is InChI=1S/C15H27N3O/c1-12-9-14(18(3)17-12)10-15(2,13-5-6-13)11-16-7-8-19-4/h9,13,16H,5-8,10-11H2,1-4H3. The van der Waals surface area contributed by atoms with E-state index in [-0.39, 0.29) is 0 Å². The van der Waals surface area contributed by atoms with Crippen molar-refractivity contribution in [1.29, 1.82) is 0 Å². The van der Waals surface area contributed by atoms with Crippen LogP contribution in [0, 0.1) is 18.3 Å². The zero-order chi connectivity index (χ0) is 13.9. The van der Waals surface area contributed by atoms with E-state index in [0.29, 0.717) is 5.41 Å². The monoisotopic (exact) mass is 265 g/mol. The van der Waals surface area contributed by atoms with E-state index < -0.39 is 0 Å². The van der Waals surface area contributed by atoms with Gasteiger partial charge in [-0.05, 0) is 43.6 Å². The first-order valence-electron chi connectivity index (χ1n) is 7.24. The molecule has 19 heavy (non-hydrogen) atoms. The molecule has 4 heteroatoms. The third kappa shape index (κ3) is 3.80. The molecule has 108 valence electrons. The second-order valence-electron chi connectivity index (χ2n) is 6.18. The normalized spacial score (nSPS) is 18.5. The molecule has 1 aliphatic rings. The molecule has 4 nitrogen and oxygen atoms in total.